The van der Waals surface area contributed by atoms with Gasteiger partial charge in [0.2, 0.25) is 11.8 Å². The molecule has 7 nitrogen and oxygen atoms in total. The van der Waals surface area contributed by atoms with Gasteiger partial charge in [0.1, 0.15) is 17.6 Å². The largest absolute Gasteiger partial charge is 0.592 e. The zero-order chi connectivity index (χ0) is 22.2. The summed E-state index contributed by atoms with van der Waals surface area (Å²) in [4.78, 5) is 12.3. The predicted octanol–water partition coefficient (Wildman–Crippen LogP) is 2.59. The third kappa shape index (κ3) is 3.94. The molecule has 1 spiro atoms. The topological polar surface area (TPSA) is 99.7 Å². The van der Waals surface area contributed by atoms with Crippen LogP contribution in [0, 0.1) is 18.2 Å². The van der Waals surface area contributed by atoms with Gasteiger partial charge in [-0.2, -0.15) is 4.31 Å². The van der Waals surface area contributed by atoms with Crippen LogP contribution in [-0.4, -0.2) is 43.2 Å². The molecular weight excluding hydrogens is 424 g/mol. The van der Waals surface area contributed by atoms with Crippen LogP contribution in [-0.2, 0) is 11.4 Å². The van der Waals surface area contributed by atoms with E-state index in [1.165, 1.54) is 41.0 Å². The van der Waals surface area contributed by atoms with Crippen LogP contribution in [0.5, 0.6) is 5.88 Å². The van der Waals surface area contributed by atoms with Crippen LogP contribution in [0.4, 0.5) is 8.78 Å². The minimum Gasteiger partial charge on any atom is -0.592 e. The number of rotatable bonds is 5. The Balaban J connectivity index is 1.63. The van der Waals surface area contributed by atoms with E-state index < -0.39 is 33.8 Å². The van der Waals surface area contributed by atoms with Gasteiger partial charge in [-0.15, -0.1) is 6.42 Å². The Morgan fingerprint density at radius 2 is 2.23 bits per heavy atom. The first-order valence-electron chi connectivity index (χ1n) is 9.40. The van der Waals surface area contributed by atoms with Crippen molar-refractivity contribution in [3.8, 4) is 18.2 Å². The number of guanidine groups is 1. The molecule has 1 saturated carbocycles. The van der Waals surface area contributed by atoms with Crippen molar-refractivity contribution in [1.82, 2.24) is 14.3 Å². The lowest BCUT2D eigenvalue weighted by molar-refractivity contribution is 0.353. The number of aromatic nitrogens is 2. The molecule has 2 N–H and O–H groups in total. The number of terminal acetylenes is 1. The van der Waals surface area contributed by atoms with E-state index in [1.807, 2.05) is 0 Å². The molecule has 1 aromatic carbocycles. The van der Waals surface area contributed by atoms with Crippen molar-refractivity contribution < 1.29 is 18.1 Å². The number of nitrogens with zero attached hydrogens (tertiary/aromatic N) is 4. The predicted molar refractivity (Wildman–Crippen MR) is 114 cm³/mol. The third-order valence-corrected chi connectivity index (χ3v) is 7.22. The van der Waals surface area contributed by atoms with E-state index in [9.17, 15) is 13.3 Å². The van der Waals surface area contributed by atoms with E-state index in [1.54, 1.807) is 7.05 Å². The Bertz CT molecular complexity index is 1100. The lowest BCUT2D eigenvalue weighted by Gasteiger charge is -2.36. The molecule has 2 heterocycles. The molecule has 0 amide bonds. The normalized spacial score (nSPS) is 22.1. The molecule has 2 aliphatic rings. The van der Waals surface area contributed by atoms with Gasteiger partial charge in [-0.1, -0.05) is 12.0 Å². The molecule has 2 atom stereocenters. The van der Waals surface area contributed by atoms with E-state index in [2.05, 4.69) is 20.9 Å². The minimum absolute atomic E-state index is 0.0137. The van der Waals surface area contributed by atoms with Gasteiger partial charge in [0.05, 0.1) is 30.8 Å². The first-order chi connectivity index (χ1) is 14.9. The molecule has 0 saturated heterocycles. The Kier molecular flexibility index (Phi) is 5.56. The summed E-state index contributed by atoms with van der Waals surface area (Å²) in [6, 6.07) is 3.47. The monoisotopic (exact) mass is 443 g/mol. The van der Waals surface area contributed by atoms with Crippen LogP contribution in [0.2, 0.25) is 0 Å². The Hall–Kier alpha value is -3.16. The summed E-state index contributed by atoms with van der Waals surface area (Å²) < 4.78 is 48.0. The van der Waals surface area contributed by atoms with Gasteiger partial charge in [0.15, 0.2) is 17.2 Å². The molecule has 0 radical (unpaired) electrons. The van der Waals surface area contributed by atoms with Gasteiger partial charge in [-0.05, 0) is 23.8 Å². The number of hydrogen-bond acceptors (Lipinski definition) is 7. The van der Waals surface area contributed by atoms with Crippen molar-refractivity contribution in [1.29, 1.82) is 0 Å². The van der Waals surface area contributed by atoms with Gasteiger partial charge in [-0.25, -0.2) is 23.7 Å². The van der Waals surface area contributed by atoms with Gasteiger partial charge in [0.25, 0.3) is 0 Å². The molecule has 10 heteroatoms. The average molecular weight is 443 g/mol. The smallest absolute Gasteiger partial charge is 0.234 e. The molecule has 4 rings (SSSR count). The first-order valence-corrected chi connectivity index (χ1v) is 10.5. The fourth-order valence-corrected chi connectivity index (χ4v) is 5.00. The summed E-state index contributed by atoms with van der Waals surface area (Å²) in [5.74, 6) is 1.38. The number of benzene rings is 1. The number of hydrogen-bond donors (Lipinski definition) is 1. The van der Waals surface area contributed by atoms with Crippen molar-refractivity contribution in [3.63, 3.8) is 0 Å². The zero-order valence-corrected chi connectivity index (χ0v) is 17.4. The molecular formula is C21H19F2N5O2S. The average Bonchev–Trinajstić information content (AvgIpc) is 3.57. The van der Waals surface area contributed by atoms with E-state index >= 15 is 0 Å². The highest BCUT2D eigenvalue weighted by atomic mass is 32.2. The highest BCUT2D eigenvalue weighted by molar-refractivity contribution is 7.91. The SMILES string of the molecule is C#CCOc1cnc(/C(F)=C/c2ccc(F)c(C3N=C(N)N(C)[S+]([O-])C34CC4)c2)cn1. The standard InChI is InChI=1S/C21H19F2N5O2S/c1-3-8-30-18-12-25-17(11-26-18)16(23)10-13-4-5-15(22)14(9-13)19-21(6-7-21)31(29)28(2)20(24)27-19/h1,4-5,9-12,19H,6-8H2,2H3,(H2,24,27)/b16-10-. The highest BCUT2D eigenvalue weighted by Crippen LogP contribution is 2.57. The van der Waals surface area contributed by atoms with Gasteiger partial charge in [-0.3, -0.25) is 0 Å². The van der Waals surface area contributed by atoms with Crippen LogP contribution in [0.15, 0.2) is 35.6 Å². The van der Waals surface area contributed by atoms with E-state index in [4.69, 9.17) is 16.9 Å². The highest BCUT2D eigenvalue weighted by Gasteiger charge is 2.65. The van der Waals surface area contributed by atoms with Crippen LogP contribution < -0.4 is 10.5 Å². The van der Waals surface area contributed by atoms with Crippen LogP contribution in [0.25, 0.3) is 11.9 Å². The maximum Gasteiger partial charge on any atom is 0.234 e. The second-order valence-corrected chi connectivity index (χ2v) is 9.07. The molecule has 2 aromatic rings. The molecule has 1 aromatic heterocycles. The van der Waals surface area contributed by atoms with Gasteiger partial charge < -0.3 is 15.0 Å². The fourth-order valence-electron chi connectivity index (χ4n) is 3.42. The summed E-state index contributed by atoms with van der Waals surface area (Å²) in [6.45, 7) is 0.0287. The Morgan fingerprint density at radius 1 is 1.45 bits per heavy atom. The van der Waals surface area contributed by atoms with E-state index in [0.717, 1.165) is 0 Å². The molecule has 160 valence electrons. The number of aliphatic imine (C=N–C) groups is 1. The molecule has 1 fully saturated rings. The molecule has 1 aliphatic carbocycles. The molecule has 1 aliphatic heterocycles. The van der Waals surface area contributed by atoms with Crippen LogP contribution in [0.1, 0.15) is 35.7 Å². The maximum atomic E-state index is 14.7. The molecule has 31 heavy (non-hydrogen) atoms. The quantitative estimate of drug-likeness (QED) is 0.563. The summed E-state index contributed by atoms with van der Waals surface area (Å²) in [5.41, 5.74) is 6.50. The fraction of sp³-hybridized carbons (Fsp3) is 0.286. The second kappa shape index (κ2) is 8.17. The Morgan fingerprint density at radius 3 is 2.87 bits per heavy atom. The van der Waals surface area contributed by atoms with Gasteiger partial charge in [0, 0.05) is 18.4 Å². The zero-order valence-electron chi connectivity index (χ0n) is 16.6. The van der Waals surface area contributed by atoms with Crippen molar-refractivity contribution >= 4 is 29.2 Å². The Labute approximate surface area is 181 Å². The third-order valence-electron chi connectivity index (χ3n) is 5.21. The van der Waals surface area contributed by atoms with Crippen LogP contribution in [0.3, 0.4) is 0 Å². The van der Waals surface area contributed by atoms with E-state index in [-0.39, 0.29) is 29.7 Å². The minimum atomic E-state index is -1.43. The maximum absolute atomic E-state index is 14.7. The van der Waals surface area contributed by atoms with Crippen molar-refractivity contribution in [3.05, 3.63) is 53.2 Å². The summed E-state index contributed by atoms with van der Waals surface area (Å²) >= 11 is -1.43. The first kappa shape index (κ1) is 21.1. The lowest BCUT2D eigenvalue weighted by atomic mass is 9.99. The van der Waals surface area contributed by atoms with Crippen molar-refractivity contribution in [2.75, 3.05) is 13.7 Å². The van der Waals surface area contributed by atoms with E-state index in [0.29, 0.717) is 18.4 Å². The number of halogens is 2. The summed E-state index contributed by atoms with van der Waals surface area (Å²) in [5, 5.41) is 0. The van der Waals surface area contributed by atoms with Crippen LogP contribution >= 0.6 is 0 Å². The second-order valence-electron chi connectivity index (χ2n) is 7.21. The van der Waals surface area contributed by atoms with Gasteiger partial charge >= 0.3 is 0 Å². The van der Waals surface area contributed by atoms with Crippen molar-refractivity contribution in [2.45, 2.75) is 23.6 Å². The lowest BCUT2D eigenvalue weighted by Crippen LogP contribution is -2.51. The number of nitrogens with two attached hydrogens (primary N) is 1. The van der Waals surface area contributed by atoms with Crippen molar-refractivity contribution in [2.24, 2.45) is 10.7 Å². The summed E-state index contributed by atoms with van der Waals surface area (Å²) in [6.07, 6.45) is 10.1. The molecule has 2 unspecified atom stereocenters. The molecule has 0 bridgehead atoms. The summed E-state index contributed by atoms with van der Waals surface area (Å²) in [7, 11) is 1.60. The number of ether oxygens (including phenoxy) is 1.